The monoisotopic (exact) mass is 308 g/mol. The van der Waals surface area contributed by atoms with Crippen LogP contribution in [0.5, 0.6) is 5.75 Å². The molecule has 122 valence electrons. The first-order valence-corrected chi connectivity index (χ1v) is 7.41. The highest BCUT2D eigenvalue weighted by Gasteiger charge is 2.14. The molecule has 0 heterocycles. The predicted octanol–water partition coefficient (Wildman–Crippen LogP) is 1.09. The number of carbonyl (C=O) groups is 2. The van der Waals surface area contributed by atoms with Crippen LogP contribution in [0.2, 0.25) is 0 Å². The minimum atomic E-state index is -0.483. The van der Waals surface area contributed by atoms with Gasteiger partial charge in [0.25, 0.3) is 5.91 Å². The summed E-state index contributed by atoms with van der Waals surface area (Å²) in [6, 6.07) is 6.73. The molecule has 3 N–H and O–H groups in total. The van der Waals surface area contributed by atoms with Gasteiger partial charge in [-0.05, 0) is 39.3 Å². The number of amides is 2. The molecule has 1 rings (SSSR count). The minimum Gasteiger partial charge on any atom is -0.493 e. The van der Waals surface area contributed by atoms with Crippen molar-refractivity contribution in [1.82, 2.24) is 10.6 Å². The maximum Gasteiger partial charge on any atom is 0.255 e. The molecule has 2 amide bonds. The number of para-hydroxylation sites is 1. The number of benzene rings is 1. The zero-order valence-electron chi connectivity index (χ0n) is 13.3. The van der Waals surface area contributed by atoms with E-state index in [1.807, 2.05) is 6.92 Å². The summed E-state index contributed by atoms with van der Waals surface area (Å²) < 4.78 is 5.38. The van der Waals surface area contributed by atoms with E-state index in [0.29, 0.717) is 24.3 Å². The Balaban J connectivity index is 2.51. The van der Waals surface area contributed by atoms with Crippen molar-refractivity contribution in [3.63, 3.8) is 0 Å². The first-order chi connectivity index (χ1) is 10.4. The lowest BCUT2D eigenvalue weighted by Crippen LogP contribution is -2.41. The van der Waals surface area contributed by atoms with Crippen LogP contribution in [0.25, 0.3) is 0 Å². The highest BCUT2D eigenvalue weighted by atomic mass is 16.5. The van der Waals surface area contributed by atoms with Crippen molar-refractivity contribution in [2.45, 2.75) is 39.3 Å². The predicted molar refractivity (Wildman–Crippen MR) is 83.8 cm³/mol. The van der Waals surface area contributed by atoms with Crippen molar-refractivity contribution < 1.29 is 19.4 Å². The highest BCUT2D eigenvalue weighted by molar-refractivity contribution is 5.98. The van der Waals surface area contributed by atoms with Gasteiger partial charge in [0.2, 0.25) is 5.91 Å². The smallest absolute Gasteiger partial charge is 0.255 e. The molecular weight excluding hydrogens is 284 g/mol. The van der Waals surface area contributed by atoms with Crippen LogP contribution in [0.1, 0.15) is 37.6 Å². The van der Waals surface area contributed by atoms with Gasteiger partial charge in [0.1, 0.15) is 5.75 Å². The Morgan fingerprint density at radius 3 is 2.59 bits per heavy atom. The third-order valence-corrected chi connectivity index (χ3v) is 2.94. The second-order valence-corrected chi connectivity index (χ2v) is 5.17. The van der Waals surface area contributed by atoms with Crippen molar-refractivity contribution in [1.29, 1.82) is 0 Å². The molecule has 0 bridgehead atoms. The molecule has 0 aliphatic carbocycles. The lowest BCUT2D eigenvalue weighted by Gasteiger charge is -2.16. The highest BCUT2D eigenvalue weighted by Crippen LogP contribution is 2.17. The largest absolute Gasteiger partial charge is 0.493 e. The fraction of sp³-hybridized carbons (Fsp3) is 0.500. The first-order valence-electron chi connectivity index (χ1n) is 7.41. The van der Waals surface area contributed by atoms with Gasteiger partial charge in [0, 0.05) is 6.04 Å². The first kappa shape index (κ1) is 18.0. The molecule has 0 aliphatic rings. The van der Waals surface area contributed by atoms with E-state index in [1.165, 1.54) is 0 Å². The number of carbonyl (C=O) groups excluding carboxylic acids is 2. The molecule has 0 saturated carbocycles. The van der Waals surface area contributed by atoms with Gasteiger partial charge in [-0.15, -0.1) is 0 Å². The summed E-state index contributed by atoms with van der Waals surface area (Å²) in [4.78, 5) is 23.8. The lowest BCUT2D eigenvalue weighted by atomic mass is 10.1. The summed E-state index contributed by atoms with van der Waals surface area (Å²) in [5, 5.41) is 14.5. The van der Waals surface area contributed by atoms with Crippen LogP contribution in [0.4, 0.5) is 0 Å². The molecule has 1 aromatic rings. The second kappa shape index (κ2) is 9.04. The van der Waals surface area contributed by atoms with Crippen LogP contribution >= 0.6 is 0 Å². The Morgan fingerprint density at radius 2 is 1.95 bits per heavy atom. The molecular formula is C16H24N2O4. The van der Waals surface area contributed by atoms with Crippen molar-refractivity contribution in [3.8, 4) is 5.75 Å². The van der Waals surface area contributed by atoms with Crippen molar-refractivity contribution >= 4 is 11.8 Å². The molecule has 6 nitrogen and oxygen atoms in total. The van der Waals surface area contributed by atoms with Gasteiger partial charge in [-0.3, -0.25) is 9.59 Å². The molecule has 1 aromatic carbocycles. The molecule has 0 fully saturated rings. The fourth-order valence-corrected chi connectivity index (χ4v) is 2.09. The molecule has 6 heteroatoms. The maximum absolute atomic E-state index is 12.1. The molecule has 0 spiro atoms. The van der Waals surface area contributed by atoms with Crippen LogP contribution in [-0.2, 0) is 4.79 Å². The summed E-state index contributed by atoms with van der Waals surface area (Å²) in [5.41, 5.74) is 0.397. The number of aliphatic hydroxyl groups is 1. The van der Waals surface area contributed by atoms with Crippen molar-refractivity contribution in [2.24, 2.45) is 0 Å². The summed E-state index contributed by atoms with van der Waals surface area (Å²) >= 11 is 0. The van der Waals surface area contributed by atoms with Crippen LogP contribution in [0.15, 0.2) is 24.3 Å². The van der Waals surface area contributed by atoms with Gasteiger partial charge in [0.15, 0.2) is 0 Å². The number of rotatable bonds is 8. The van der Waals surface area contributed by atoms with Gasteiger partial charge >= 0.3 is 0 Å². The van der Waals surface area contributed by atoms with Crippen molar-refractivity contribution in [3.05, 3.63) is 29.8 Å². The Labute approximate surface area is 130 Å². The van der Waals surface area contributed by atoms with E-state index in [4.69, 9.17) is 4.74 Å². The molecule has 22 heavy (non-hydrogen) atoms. The summed E-state index contributed by atoms with van der Waals surface area (Å²) in [5.74, 6) is -0.164. The van der Waals surface area contributed by atoms with E-state index in [-0.39, 0.29) is 24.4 Å². The average molecular weight is 308 g/mol. The molecule has 0 saturated heterocycles. The van der Waals surface area contributed by atoms with Gasteiger partial charge in [-0.25, -0.2) is 0 Å². The SMILES string of the molecule is CCOc1ccccc1C(=O)NCC(=O)N[C@@H](C)C[C@H](C)O. The average Bonchev–Trinajstić information content (AvgIpc) is 2.44. The maximum atomic E-state index is 12.1. The minimum absolute atomic E-state index is 0.122. The van der Waals surface area contributed by atoms with E-state index in [9.17, 15) is 14.7 Å². The zero-order valence-corrected chi connectivity index (χ0v) is 13.3. The van der Waals surface area contributed by atoms with Crippen LogP contribution < -0.4 is 15.4 Å². The Bertz CT molecular complexity index is 503. The standard InChI is InChI=1S/C16H24N2O4/c1-4-22-14-8-6-5-7-13(14)16(21)17-10-15(20)18-11(2)9-12(3)19/h5-8,11-12,19H,4,9-10H2,1-3H3,(H,17,21)(H,18,20)/t11-,12-/m0/s1. The quantitative estimate of drug-likeness (QED) is 0.671. The summed E-state index contributed by atoms with van der Waals surface area (Å²) in [7, 11) is 0. The Morgan fingerprint density at radius 1 is 1.27 bits per heavy atom. The van der Waals surface area contributed by atoms with Crippen LogP contribution in [0, 0.1) is 0 Å². The van der Waals surface area contributed by atoms with Crippen LogP contribution in [-0.4, -0.2) is 42.2 Å². The van der Waals surface area contributed by atoms with E-state index in [2.05, 4.69) is 10.6 Å². The number of ether oxygens (including phenoxy) is 1. The van der Waals surface area contributed by atoms with E-state index >= 15 is 0 Å². The van der Waals surface area contributed by atoms with E-state index < -0.39 is 6.10 Å². The van der Waals surface area contributed by atoms with Gasteiger partial charge in [-0.1, -0.05) is 12.1 Å². The number of aliphatic hydroxyl groups excluding tert-OH is 1. The van der Waals surface area contributed by atoms with Gasteiger partial charge < -0.3 is 20.5 Å². The molecule has 0 aliphatic heterocycles. The van der Waals surface area contributed by atoms with Crippen molar-refractivity contribution in [2.75, 3.05) is 13.2 Å². The summed E-state index contributed by atoms with van der Waals surface area (Å²) in [6.45, 7) is 5.64. The second-order valence-electron chi connectivity index (χ2n) is 5.17. The molecule has 0 aromatic heterocycles. The third-order valence-electron chi connectivity index (χ3n) is 2.94. The number of hydrogen-bond donors (Lipinski definition) is 3. The van der Waals surface area contributed by atoms with Crippen LogP contribution in [0.3, 0.4) is 0 Å². The van der Waals surface area contributed by atoms with Gasteiger partial charge in [0.05, 0.1) is 24.8 Å². The Kier molecular flexibility index (Phi) is 7.39. The summed E-state index contributed by atoms with van der Waals surface area (Å²) in [6.07, 6.45) is -0.0182. The fourth-order valence-electron chi connectivity index (χ4n) is 2.09. The zero-order chi connectivity index (χ0) is 16.5. The molecule has 0 unspecified atom stereocenters. The molecule has 0 radical (unpaired) electrons. The topological polar surface area (TPSA) is 87.7 Å². The molecule has 2 atom stereocenters. The third kappa shape index (κ3) is 6.13. The lowest BCUT2D eigenvalue weighted by molar-refractivity contribution is -0.120. The number of hydrogen-bond acceptors (Lipinski definition) is 4. The Hall–Kier alpha value is -2.08. The normalized spacial score (nSPS) is 13.1. The van der Waals surface area contributed by atoms with E-state index in [1.54, 1.807) is 38.1 Å². The van der Waals surface area contributed by atoms with E-state index in [0.717, 1.165) is 0 Å². The van der Waals surface area contributed by atoms with Gasteiger partial charge in [-0.2, -0.15) is 0 Å². The number of nitrogens with one attached hydrogen (secondary N) is 2.